The van der Waals surface area contributed by atoms with E-state index in [0.29, 0.717) is 12.1 Å². The van der Waals surface area contributed by atoms with Crippen LogP contribution in [0.3, 0.4) is 0 Å². The molecule has 0 heterocycles. The summed E-state index contributed by atoms with van der Waals surface area (Å²) in [6.45, 7) is 7.95. The van der Waals surface area contributed by atoms with E-state index in [2.05, 4.69) is 45.1 Å². The van der Waals surface area contributed by atoms with Crippen LogP contribution in [0, 0.1) is 0 Å². The van der Waals surface area contributed by atoms with Crippen molar-refractivity contribution in [2.45, 2.75) is 52.1 Å². The second kappa shape index (κ2) is 7.34. The monoisotopic (exact) mass is 186 g/mol. The van der Waals surface area contributed by atoms with Crippen molar-refractivity contribution >= 4 is 0 Å². The molecule has 2 heteroatoms. The molecule has 0 spiro atoms. The number of hydrogen-bond donors (Lipinski definition) is 1. The van der Waals surface area contributed by atoms with Crippen molar-refractivity contribution < 1.29 is 0 Å². The zero-order chi connectivity index (χ0) is 10.3. The molecule has 2 atom stereocenters. The first-order valence-corrected chi connectivity index (χ1v) is 5.53. The highest BCUT2D eigenvalue weighted by Gasteiger charge is 2.11. The summed E-state index contributed by atoms with van der Waals surface area (Å²) in [5.74, 6) is 0. The molecule has 0 aromatic carbocycles. The molecule has 0 saturated heterocycles. The van der Waals surface area contributed by atoms with Gasteiger partial charge in [0.2, 0.25) is 0 Å². The molecule has 80 valence electrons. The van der Waals surface area contributed by atoms with E-state index in [1.807, 2.05) is 0 Å². The first kappa shape index (κ1) is 12.9. The van der Waals surface area contributed by atoms with Crippen LogP contribution < -0.4 is 5.32 Å². The van der Waals surface area contributed by atoms with Crippen LogP contribution in [0.2, 0.25) is 0 Å². The van der Waals surface area contributed by atoms with Crippen LogP contribution in [0.15, 0.2) is 0 Å². The van der Waals surface area contributed by atoms with E-state index in [0.717, 1.165) is 0 Å². The van der Waals surface area contributed by atoms with Gasteiger partial charge in [-0.3, -0.25) is 0 Å². The smallest absolute Gasteiger partial charge is 0.0191 e. The Labute approximate surface area is 83.7 Å². The predicted molar refractivity (Wildman–Crippen MR) is 60.1 cm³/mol. The van der Waals surface area contributed by atoms with Gasteiger partial charge in [-0.1, -0.05) is 20.3 Å². The van der Waals surface area contributed by atoms with Gasteiger partial charge in [0, 0.05) is 18.6 Å². The third-order valence-electron chi connectivity index (χ3n) is 2.90. The average Bonchev–Trinajstić information content (AvgIpc) is 2.15. The fourth-order valence-corrected chi connectivity index (χ4v) is 1.51. The average molecular weight is 186 g/mol. The molecule has 2 unspecified atom stereocenters. The van der Waals surface area contributed by atoms with Crippen molar-refractivity contribution in [3.8, 4) is 0 Å². The quantitative estimate of drug-likeness (QED) is 0.655. The van der Waals surface area contributed by atoms with Gasteiger partial charge in [-0.2, -0.15) is 0 Å². The van der Waals surface area contributed by atoms with E-state index in [1.165, 1.54) is 25.8 Å². The molecule has 13 heavy (non-hydrogen) atoms. The summed E-state index contributed by atoms with van der Waals surface area (Å²) in [5.41, 5.74) is 0. The Morgan fingerprint density at radius 3 is 2.31 bits per heavy atom. The lowest BCUT2D eigenvalue weighted by Crippen LogP contribution is -2.41. The Hall–Kier alpha value is -0.0800. The summed E-state index contributed by atoms with van der Waals surface area (Å²) in [7, 11) is 4.28. The molecule has 0 aliphatic carbocycles. The Bertz CT molecular complexity index is 115. The highest BCUT2D eigenvalue weighted by atomic mass is 15.1. The van der Waals surface area contributed by atoms with Crippen molar-refractivity contribution in [2.24, 2.45) is 0 Å². The fraction of sp³-hybridized carbons (Fsp3) is 1.00. The number of nitrogens with zero attached hydrogens (tertiary/aromatic N) is 1. The summed E-state index contributed by atoms with van der Waals surface area (Å²) < 4.78 is 0. The minimum Gasteiger partial charge on any atom is -0.316 e. The Morgan fingerprint density at radius 1 is 1.31 bits per heavy atom. The normalized spacial score (nSPS) is 16.2. The van der Waals surface area contributed by atoms with Crippen molar-refractivity contribution in [3.63, 3.8) is 0 Å². The van der Waals surface area contributed by atoms with Crippen LogP contribution in [-0.2, 0) is 0 Å². The highest BCUT2D eigenvalue weighted by molar-refractivity contribution is 4.71. The molecule has 0 aliphatic rings. The molecule has 0 aromatic rings. The molecule has 0 aromatic heterocycles. The molecule has 2 nitrogen and oxygen atoms in total. The zero-order valence-electron chi connectivity index (χ0n) is 9.93. The maximum Gasteiger partial charge on any atom is 0.0191 e. The van der Waals surface area contributed by atoms with Crippen LogP contribution in [0.4, 0.5) is 0 Å². The lowest BCUT2D eigenvalue weighted by Gasteiger charge is -2.28. The van der Waals surface area contributed by atoms with Gasteiger partial charge in [0.1, 0.15) is 0 Å². The Balaban J connectivity index is 3.78. The third kappa shape index (κ3) is 5.27. The van der Waals surface area contributed by atoms with Crippen molar-refractivity contribution in [3.05, 3.63) is 0 Å². The lowest BCUT2D eigenvalue weighted by molar-refractivity contribution is 0.222. The van der Waals surface area contributed by atoms with E-state index in [1.54, 1.807) is 0 Å². The van der Waals surface area contributed by atoms with Gasteiger partial charge in [0.05, 0.1) is 0 Å². The van der Waals surface area contributed by atoms with Gasteiger partial charge in [-0.05, 0) is 33.9 Å². The van der Waals surface area contributed by atoms with Gasteiger partial charge in [-0.25, -0.2) is 0 Å². The van der Waals surface area contributed by atoms with E-state index in [4.69, 9.17) is 0 Å². The molecule has 1 N–H and O–H groups in total. The summed E-state index contributed by atoms with van der Waals surface area (Å²) in [5, 5.41) is 3.37. The summed E-state index contributed by atoms with van der Waals surface area (Å²) >= 11 is 0. The number of rotatable bonds is 7. The second-order valence-corrected chi connectivity index (χ2v) is 3.97. The Kier molecular flexibility index (Phi) is 7.29. The molecule has 0 fully saturated rings. The standard InChI is InChI=1S/C11H26N2/c1-6-8-11(12-4)9-13(5)10(3)7-2/h10-12H,6-9H2,1-5H3. The Morgan fingerprint density at radius 2 is 1.92 bits per heavy atom. The molecule has 0 saturated carbocycles. The second-order valence-electron chi connectivity index (χ2n) is 3.97. The minimum atomic E-state index is 0.656. The van der Waals surface area contributed by atoms with Gasteiger partial charge >= 0.3 is 0 Å². The molecular weight excluding hydrogens is 160 g/mol. The van der Waals surface area contributed by atoms with Gasteiger partial charge in [0.15, 0.2) is 0 Å². The van der Waals surface area contributed by atoms with E-state index < -0.39 is 0 Å². The van der Waals surface area contributed by atoms with Crippen molar-refractivity contribution in [1.82, 2.24) is 10.2 Å². The minimum absolute atomic E-state index is 0.656. The molecular formula is C11H26N2. The van der Waals surface area contributed by atoms with Crippen LogP contribution in [0.5, 0.6) is 0 Å². The number of nitrogens with one attached hydrogen (secondary N) is 1. The molecule has 0 aliphatic heterocycles. The summed E-state index contributed by atoms with van der Waals surface area (Å²) in [6.07, 6.45) is 3.77. The van der Waals surface area contributed by atoms with Crippen molar-refractivity contribution in [1.29, 1.82) is 0 Å². The van der Waals surface area contributed by atoms with Crippen LogP contribution in [0.1, 0.15) is 40.0 Å². The first-order valence-electron chi connectivity index (χ1n) is 5.53. The molecule has 0 rings (SSSR count). The maximum absolute atomic E-state index is 3.37. The molecule has 0 bridgehead atoms. The van der Waals surface area contributed by atoms with E-state index >= 15 is 0 Å². The van der Waals surface area contributed by atoms with E-state index in [9.17, 15) is 0 Å². The highest BCUT2D eigenvalue weighted by Crippen LogP contribution is 2.04. The molecule has 0 amide bonds. The topological polar surface area (TPSA) is 15.3 Å². The number of hydrogen-bond acceptors (Lipinski definition) is 2. The number of likely N-dealkylation sites (N-methyl/N-ethyl adjacent to an activating group) is 2. The van der Waals surface area contributed by atoms with Crippen molar-refractivity contribution in [2.75, 3.05) is 20.6 Å². The largest absolute Gasteiger partial charge is 0.316 e. The maximum atomic E-state index is 3.37. The predicted octanol–water partition coefficient (Wildman–Crippen LogP) is 2.10. The van der Waals surface area contributed by atoms with Crippen LogP contribution >= 0.6 is 0 Å². The summed E-state index contributed by atoms with van der Waals surface area (Å²) in [4.78, 5) is 2.44. The van der Waals surface area contributed by atoms with Gasteiger partial charge < -0.3 is 10.2 Å². The summed E-state index contributed by atoms with van der Waals surface area (Å²) in [6, 6.07) is 1.36. The van der Waals surface area contributed by atoms with Gasteiger partial charge in [0.25, 0.3) is 0 Å². The van der Waals surface area contributed by atoms with Crippen LogP contribution in [0.25, 0.3) is 0 Å². The van der Waals surface area contributed by atoms with Gasteiger partial charge in [-0.15, -0.1) is 0 Å². The third-order valence-corrected chi connectivity index (χ3v) is 2.90. The zero-order valence-corrected chi connectivity index (χ0v) is 9.93. The SMILES string of the molecule is CCCC(CN(C)C(C)CC)NC. The first-order chi connectivity index (χ1) is 6.15. The van der Waals surface area contributed by atoms with Crippen LogP contribution in [-0.4, -0.2) is 37.6 Å². The van der Waals surface area contributed by atoms with E-state index in [-0.39, 0.29) is 0 Å². The lowest BCUT2D eigenvalue weighted by atomic mass is 10.1. The fourth-order valence-electron chi connectivity index (χ4n) is 1.51. The molecule has 0 radical (unpaired) electrons.